The molecule has 8 nitrogen and oxygen atoms in total. The predicted molar refractivity (Wildman–Crippen MR) is 90.3 cm³/mol. The van der Waals surface area contributed by atoms with Crippen LogP contribution in [0.15, 0.2) is 36.4 Å². The minimum absolute atomic E-state index is 0.100. The lowest BCUT2D eigenvalue weighted by atomic mass is 9.84. The predicted octanol–water partition coefficient (Wildman–Crippen LogP) is 2.49. The molecule has 0 amide bonds. The summed E-state index contributed by atoms with van der Waals surface area (Å²) < 4.78 is 0. The van der Waals surface area contributed by atoms with Crippen LogP contribution in [0.1, 0.15) is 22.3 Å². The molecule has 25 heavy (non-hydrogen) atoms. The second-order valence-corrected chi connectivity index (χ2v) is 6.20. The molecule has 0 fully saturated rings. The van der Waals surface area contributed by atoms with E-state index < -0.39 is 15.6 Å². The first kappa shape index (κ1) is 17.0. The summed E-state index contributed by atoms with van der Waals surface area (Å²) in [5.41, 5.74) is 0.0655. The Labute approximate surface area is 143 Å². The first-order chi connectivity index (χ1) is 11.7. The fourth-order valence-electron chi connectivity index (χ4n) is 3.27. The van der Waals surface area contributed by atoms with Gasteiger partial charge in [-0.1, -0.05) is 18.2 Å². The van der Waals surface area contributed by atoms with E-state index in [1.807, 2.05) is 0 Å². The highest BCUT2D eigenvalue weighted by Gasteiger charge is 2.42. The summed E-state index contributed by atoms with van der Waals surface area (Å²) in [6.07, 6.45) is 0.625. The Morgan fingerprint density at radius 1 is 1.12 bits per heavy atom. The molecule has 2 aromatic carbocycles. The maximum absolute atomic E-state index is 11.4. The number of hydrogen-bond donors (Lipinski definition) is 1. The molecular weight excluding hydrogens is 326 g/mol. The van der Waals surface area contributed by atoms with Crippen LogP contribution in [0.4, 0.5) is 11.4 Å². The van der Waals surface area contributed by atoms with Crippen LogP contribution in [0.5, 0.6) is 0 Å². The van der Waals surface area contributed by atoms with E-state index in [9.17, 15) is 25.3 Å². The summed E-state index contributed by atoms with van der Waals surface area (Å²) in [4.78, 5) is 23.0. The fraction of sp³-hybridized carbons (Fsp3) is 0.294. The Morgan fingerprint density at radius 3 is 2.48 bits per heavy atom. The SMILES string of the molecule is Cc1ccc(C2(O)c3cc([N+](=O)[O-])ccc3CCN2C)cc1[N+](=O)[O-]. The number of fused-ring (bicyclic) bond motifs is 1. The lowest BCUT2D eigenvalue weighted by Crippen LogP contribution is -2.49. The zero-order valence-electron chi connectivity index (χ0n) is 13.8. The van der Waals surface area contributed by atoms with Gasteiger partial charge >= 0.3 is 0 Å². The maximum atomic E-state index is 11.4. The van der Waals surface area contributed by atoms with E-state index in [0.29, 0.717) is 29.7 Å². The Bertz CT molecular complexity index is 883. The number of aryl methyl sites for hydroxylation is 1. The topological polar surface area (TPSA) is 110 Å². The van der Waals surface area contributed by atoms with Crippen LogP contribution < -0.4 is 0 Å². The van der Waals surface area contributed by atoms with Crippen molar-refractivity contribution in [2.45, 2.75) is 19.1 Å². The van der Waals surface area contributed by atoms with Crippen LogP contribution in [-0.2, 0) is 12.1 Å². The normalized spacial score (nSPS) is 20.1. The molecule has 0 bridgehead atoms. The molecule has 1 aliphatic rings. The molecule has 0 aliphatic carbocycles. The van der Waals surface area contributed by atoms with Crippen molar-refractivity contribution in [2.75, 3.05) is 13.6 Å². The number of rotatable bonds is 3. The van der Waals surface area contributed by atoms with Crippen molar-refractivity contribution >= 4 is 11.4 Å². The lowest BCUT2D eigenvalue weighted by Gasteiger charge is -2.42. The average Bonchev–Trinajstić information content (AvgIpc) is 2.58. The molecule has 1 aliphatic heterocycles. The Hall–Kier alpha value is -2.84. The Kier molecular flexibility index (Phi) is 4.02. The van der Waals surface area contributed by atoms with E-state index in [1.54, 1.807) is 37.1 Å². The number of likely N-dealkylation sites (N-methyl/N-ethyl adjacent to an activating group) is 1. The molecule has 2 aromatic rings. The van der Waals surface area contributed by atoms with Gasteiger partial charge in [-0.3, -0.25) is 25.1 Å². The third-order valence-corrected chi connectivity index (χ3v) is 4.76. The van der Waals surface area contributed by atoms with Gasteiger partial charge in [0.2, 0.25) is 0 Å². The molecule has 8 heteroatoms. The van der Waals surface area contributed by atoms with Crippen molar-refractivity contribution < 1.29 is 15.0 Å². The zero-order chi connectivity index (χ0) is 18.4. The van der Waals surface area contributed by atoms with E-state index >= 15 is 0 Å². The molecule has 0 saturated heterocycles. The number of nitro groups is 2. The molecular formula is C17H17N3O5. The van der Waals surface area contributed by atoms with Gasteiger partial charge in [0.25, 0.3) is 11.4 Å². The number of nitro benzene ring substituents is 2. The second kappa shape index (κ2) is 5.91. The first-order valence-corrected chi connectivity index (χ1v) is 7.72. The zero-order valence-corrected chi connectivity index (χ0v) is 13.8. The summed E-state index contributed by atoms with van der Waals surface area (Å²) in [7, 11) is 1.69. The van der Waals surface area contributed by atoms with Crippen LogP contribution >= 0.6 is 0 Å². The Morgan fingerprint density at radius 2 is 1.84 bits per heavy atom. The molecule has 1 unspecified atom stereocenters. The highest BCUT2D eigenvalue weighted by atomic mass is 16.6. The molecule has 0 spiro atoms. The van der Waals surface area contributed by atoms with Gasteiger partial charge in [0.05, 0.1) is 9.85 Å². The highest BCUT2D eigenvalue weighted by molar-refractivity contribution is 5.52. The van der Waals surface area contributed by atoms with Crippen molar-refractivity contribution in [1.29, 1.82) is 0 Å². The summed E-state index contributed by atoms with van der Waals surface area (Å²) in [5.74, 6) is 0. The van der Waals surface area contributed by atoms with Crippen molar-refractivity contribution in [3.8, 4) is 0 Å². The largest absolute Gasteiger partial charge is 0.367 e. The van der Waals surface area contributed by atoms with Crippen molar-refractivity contribution in [2.24, 2.45) is 0 Å². The minimum atomic E-state index is -1.67. The van der Waals surface area contributed by atoms with Gasteiger partial charge in [-0.2, -0.15) is 0 Å². The van der Waals surface area contributed by atoms with Gasteiger partial charge in [-0.15, -0.1) is 0 Å². The minimum Gasteiger partial charge on any atom is -0.367 e. The van der Waals surface area contributed by atoms with Crippen LogP contribution in [0.3, 0.4) is 0 Å². The monoisotopic (exact) mass is 343 g/mol. The quantitative estimate of drug-likeness (QED) is 0.677. The van der Waals surface area contributed by atoms with Crippen molar-refractivity contribution in [3.63, 3.8) is 0 Å². The van der Waals surface area contributed by atoms with Crippen LogP contribution in [0.2, 0.25) is 0 Å². The standard InChI is InChI=1S/C17H17N3O5/c1-11-3-5-13(9-16(11)20(24)25)17(21)15-10-14(19(22)23)6-4-12(15)7-8-18(17)2/h3-6,9-10,21H,7-8H2,1-2H3. The van der Waals surface area contributed by atoms with Crippen molar-refractivity contribution in [3.05, 3.63) is 78.9 Å². The summed E-state index contributed by atoms with van der Waals surface area (Å²) in [5, 5.41) is 33.8. The van der Waals surface area contributed by atoms with Gasteiger partial charge in [-0.25, -0.2) is 0 Å². The van der Waals surface area contributed by atoms with Crippen molar-refractivity contribution in [1.82, 2.24) is 4.90 Å². The number of nitrogens with zero attached hydrogens (tertiary/aromatic N) is 3. The summed E-state index contributed by atoms with van der Waals surface area (Å²) in [6, 6.07) is 8.91. The van der Waals surface area contributed by atoms with Crippen LogP contribution in [0.25, 0.3) is 0 Å². The summed E-state index contributed by atoms with van der Waals surface area (Å²) in [6.45, 7) is 2.14. The number of benzene rings is 2. The third kappa shape index (κ3) is 2.65. The molecule has 0 saturated carbocycles. The van der Waals surface area contributed by atoms with Gasteiger partial charge < -0.3 is 5.11 Å². The third-order valence-electron chi connectivity index (χ3n) is 4.76. The van der Waals surface area contributed by atoms with E-state index in [1.165, 1.54) is 18.2 Å². The maximum Gasteiger partial charge on any atom is 0.272 e. The van der Waals surface area contributed by atoms with E-state index in [0.717, 1.165) is 5.56 Å². The molecule has 1 heterocycles. The van der Waals surface area contributed by atoms with Crippen LogP contribution in [-0.4, -0.2) is 33.4 Å². The first-order valence-electron chi connectivity index (χ1n) is 7.72. The van der Waals surface area contributed by atoms with E-state index in [4.69, 9.17) is 0 Å². The fourth-order valence-corrected chi connectivity index (χ4v) is 3.27. The molecule has 130 valence electrons. The smallest absolute Gasteiger partial charge is 0.272 e. The van der Waals surface area contributed by atoms with Gasteiger partial charge in [0, 0.05) is 41.4 Å². The van der Waals surface area contributed by atoms with E-state index in [2.05, 4.69) is 0 Å². The van der Waals surface area contributed by atoms with Gasteiger partial charge in [0.1, 0.15) is 0 Å². The Balaban J connectivity index is 2.25. The molecule has 1 N–H and O–H groups in total. The molecule has 0 aromatic heterocycles. The highest BCUT2D eigenvalue weighted by Crippen LogP contribution is 2.41. The number of hydrogen-bond acceptors (Lipinski definition) is 6. The molecule has 0 radical (unpaired) electrons. The van der Waals surface area contributed by atoms with Gasteiger partial charge in [0.15, 0.2) is 5.72 Å². The van der Waals surface area contributed by atoms with Gasteiger partial charge in [-0.05, 0) is 26.0 Å². The second-order valence-electron chi connectivity index (χ2n) is 6.20. The molecule has 1 atom stereocenters. The molecule has 3 rings (SSSR count). The summed E-state index contributed by atoms with van der Waals surface area (Å²) >= 11 is 0. The van der Waals surface area contributed by atoms with E-state index in [-0.39, 0.29) is 11.4 Å². The number of non-ortho nitro benzene ring substituents is 1. The van der Waals surface area contributed by atoms with Crippen LogP contribution in [0, 0.1) is 27.2 Å². The lowest BCUT2D eigenvalue weighted by molar-refractivity contribution is -0.385. The average molecular weight is 343 g/mol. The number of aliphatic hydroxyl groups is 1.